The maximum Gasteiger partial charge on any atom is 0.0498 e. The molecule has 3 heterocycles. The number of hydrogen-bond donors (Lipinski definition) is 0. The van der Waals surface area contributed by atoms with Crippen molar-refractivity contribution in [2.45, 2.75) is 78.4 Å². The largest absolute Gasteiger partial charge is 0.381 e. The molecule has 0 radical (unpaired) electrons. The van der Waals surface area contributed by atoms with Crippen LogP contribution in [-0.4, -0.2) is 79.8 Å². The Morgan fingerprint density at radius 1 is 1.00 bits per heavy atom. The number of piperazine rings is 1. The minimum absolute atomic E-state index is 0.712. The van der Waals surface area contributed by atoms with E-state index in [9.17, 15) is 0 Å². The van der Waals surface area contributed by atoms with Crippen LogP contribution in [0.3, 0.4) is 0 Å². The molecule has 0 aliphatic carbocycles. The lowest BCUT2D eigenvalue weighted by molar-refractivity contribution is 0.0204. The van der Waals surface area contributed by atoms with Gasteiger partial charge in [0.25, 0.3) is 0 Å². The number of piperidine rings is 1. The van der Waals surface area contributed by atoms with Gasteiger partial charge in [-0.2, -0.15) is 0 Å². The zero-order chi connectivity index (χ0) is 22.2. The summed E-state index contributed by atoms with van der Waals surface area (Å²) in [7, 11) is 2.28. The van der Waals surface area contributed by atoms with Crippen LogP contribution in [0, 0.1) is 12.8 Å². The second kappa shape index (κ2) is 12.3. The van der Waals surface area contributed by atoms with E-state index in [0.717, 1.165) is 31.8 Å². The number of nitrogens with zero attached hydrogens (tertiary/aromatic N) is 3. The van der Waals surface area contributed by atoms with Crippen LogP contribution in [0.1, 0.15) is 63.1 Å². The highest BCUT2D eigenvalue weighted by atomic mass is 16.5. The molecule has 0 spiro atoms. The quantitative estimate of drug-likeness (QED) is 0.658. The fourth-order valence-electron chi connectivity index (χ4n) is 5.67. The topological polar surface area (TPSA) is 19.0 Å². The molecule has 1 aromatic rings. The number of hydrogen-bond acceptors (Lipinski definition) is 4. The molecule has 1 aromatic carbocycles. The van der Waals surface area contributed by atoms with Gasteiger partial charge in [0, 0.05) is 51.5 Å². The van der Waals surface area contributed by atoms with E-state index in [0.29, 0.717) is 5.92 Å². The van der Waals surface area contributed by atoms with Gasteiger partial charge in [0.05, 0.1) is 0 Å². The highest BCUT2D eigenvalue weighted by Gasteiger charge is 2.32. The summed E-state index contributed by atoms with van der Waals surface area (Å²) in [5.41, 5.74) is 4.50. The summed E-state index contributed by atoms with van der Waals surface area (Å²) in [5.74, 6) is 0.712. The van der Waals surface area contributed by atoms with E-state index >= 15 is 0 Å². The Kier molecular flexibility index (Phi) is 9.83. The number of benzene rings is 1. The Balaban J connectivity index is 0.00000132. The number of rotatable bonds is 6. The van der Waals surface area contributed by atoms with Gasteiger partial charge in [0.1, 0.15) is 0 Å². The van der Waals surface area contributed by atoms with E-state index in [-0.39, 0.29) is 0 Å². The van der Waals surface area contributed by atoms with E-state index in [4.69, 9.17) is 4.74 Å². The van der Waals surface area contributed by atoms with Gasteiger partial charge >= 0.3 is 0 Å². The van der Waals surface area contributed by atoms with E-state index in [1.165, 1.54) is 70.4 Å². The van der Waals surface area contributed by atoms with Gasteiger partial charge in [-0.1, -0.05) is 44.5 Å². The Labute approximate surface area is 191 Å². The molecule has 176 valence electrons. The first-order valence-corrected chi connectivity index (χ1v) is 12.9. The van der Waals surface area contributed by atoms with Gasteiger partial charge in [-0.25, -0.2) is 0 Å². The van der Waals surface area contributed by atoms with Gasteiger partial charge in [-0.3, -0.25) is 9.80 Å². The number of likely N-dealkylation sites (N-methyl/N-ethyl adjacent to an activating group) is 1. The van der Waals surface area contributed by atoms with E-state index in [2.05, 4.69) is 53.8 Å². The molecule has 3 aliphatic rings. The molecule has 3 saturated heterocycles. The highest BCUT2D eigenvalue weighted by Crippen LogP contribution is 2.26. The third kappa shape index (κ3) is 6.77. The van der Waals surface area contributed by atoms with E-state index < -0.39 is 0 Å². The van der Waals surface area contributed by atoms with Crippen molar-refractivity contribution in [3.63, 3.8) is 0 Å². The van der Waals surface area contributed by atoms with Crippen molar-refractivity contribution >= 4 is 0 Å². The SMILES string of the molecule is CC.CCC1CN(C)CCN1C1CCN(Cc2ccc(C)cc2CC2CCOC2)CC1. The van der Waals surface area contributed by atoms with Gasteiger partial charge in [-0.05, 0) is 76.2 Å². The van der Waals surface area contributed by atoms with Crippen LogP contribution in [0.4, 0.5) is 0 Å². The molecule has 4 rings (SSSR count). The molecule has 2 unspecified atom stereocenters. The maximum atomic E-state index is 5.63. The summed E-state index contributed by atoms with van der Waals surface area (Å²) >= 11 is 0. The van der Waals surface area contributed by atoms with Crippen molar-refractivity contribution in [3.8, 4) is 0 Å². The van der Waals surface area contributed by atoms with Crippen LogP contribution in [0.15, 0.2) is 18.2 Å². The van der Waals surface area contributed by atoms with Gasteiger partial charge in [0.15, 0.2) is 0 Å². The molecule has 0 aromatic heterocycles. The third-order valence-electron chi connectivity index (χ3n) is 7.52. The third-order valence-corrected chi connectivity index (χ3v) is 7.52. The molecule has 4 nitrogen and oxygen atoms in total. The van der Waals surface area contributed by atoms with Crippen molar-refractivity contribution in [1.82, 2.24) is 14.7 Å². The number of likely N-dealkylation sites (tertiary alicyclic amines) is 1. The highest BCUT2D eigenvalue weighted by molar-refractivity contribution is 5.32. The molecule has 3 aliphatic heterocycles. The predicted molar refractivity (Wildman–Crippen MR) is 132 cm³/mol. The Morgan fingerprint density at radius 2 is 1.77 bits per heavy atom. The van der Waals surface area contributed by atoms with Crippen LogP contribution in [0.25, 0.3) is 0 Å². The average Bonchev–Trinajstić information content (AvgIpc) is 3.31. The summed E-state index contributed by atoms with van der Waals surface area (Å²) in [6.07, 6.45) is 6.35. The van der Waals surface area contributed by atoms with Gasteiger partial charge < -0.3 is 9.64 Å². The summed E-state index contributed by atoms with van der Waals surface area (Å²) in [6, 6.07) is 8.66. The molecule has 0 saturated carbocycles. The second-order valence-electron chi connectivity index (χ2n) is 9.78. The zero-order valence-electron chi connectivity index (χ0n) is 20.9. The molecule has 0 bridgehead atoms. The van der Waals surface area contributed by atoms with Crippen molar-refractivity contribution < 1.29 is 4.74 Å². The lowest BCUT2D eigenvalue weighted by atomic mass is 9.92. The molecule has 0 amide bonds. The molecule has 0 N–H and O–H groups in total. The first-order chi connectivity index (χ1) is 15.1. The minimum Gasteiger partial charge on any atom is -0.381 e. The Hall–Kier alpha value is -0.940. The smallest absolute Gasteiger partial charge is 0.0498 e. The summed E-state index contributed by atoms with van der Waals surface area (Å²) in [4.78, 5) is 8.05. The molecular weight excluding hydrogens is 382 g/mol. The summed E-state index contributed by atoms with van der Waals surface area (Å²) < 4.78 is 5.63. The van der Waals surface area contributed by atoms with Crippen LogP contribution < -0.4 is 0 Å². The number of aryl methyl sites for hydroxylation is 1. The minimum atomic E-state index is 0.712. The first-order valence-electron chi connectivity index (χ1n) is 12.9. The van der Waals surface area contributed by atoms with Crippen molar-refractivity contribution in [3.05, 3.63) is 34.9 Å². The Bertz CT molecular complexity index is 650. The lowest BCUT2D eigenvalue weighted by Gasteiger charge is -2.46. The normalized spacial score (nSPS) is 26.6. The number of ether oxygens (including phenoxy) is 1. The predicted octanol–water partition coefficient (Wildman–Crippen LogP) is 4.59. The van der Waals surface area contributed by atoms with E-state index in [1.54, 1.807) is 11.1 Å². The molecule has 2 atom stereocenters. The first kappa shape index (κ1) is 24.7. The standard InChI is InChI=1S/C25H41N3O.C2H6/c1-4-24-18-26(3)12-13-28(24)25-7-10-27(11-8-25)17-22-6-5-20(2)15-23(22)16-21-9-14-29-19-21;1-2/h5-6,15,21,24-25H,4,7-14,16-19H2,1-3H3;1-2H3. The molecular formula is C27H47N3O. The molecule has 4 heteroatoms. The maximum absolute atomic E-state index is 5.63. The van der Waals surface area contributed by atoms with Crippen LogP contribution >= 0.6 is 0 Å². The van der Waals surface area contributed by atoms with Gasteiger partial charge in [-0.15, -0.1) is 0 Å². The van der Waals surface area contributed by atoms with Crippen molar-refractivity contribution in [1.29, 1.82) is 0 Å². The van der Waals surface area contributed by atoms with Crippen LogP contribution in [0.2, 0.25) is 0 Å². The summed E-state index contributed by atoms with van der Waals surface area (Å²) in [5, 5.41) is 0. The van der Waals surface area contributed by atoms with Crippen LogP contribution in [0.5, 0.6) is 0 Å². The van der Waals surface area contributed by atoms with Crippen molar-refractivity contribution in [2.24, 2.45) is 5.92 Å². The second-order valence-corrected chi connectivity index (χ2v) is 9.78. The molecule has 31 heavy (non-hydrogen) atoms. The average molecular weight is 430 g/mol. The summed E-state index contributed by atoms with van der Waals surface area (Å²) in [6.45, 7) is 17.8. The van der Waals surface area contributed by atoms with Crippen molar-refractivity contribution in [2.75, 3.05) is 53.0 Å². The van der Waals surface area contributed by atoms with Crippen LogP contribution in [-0.2, 0) is 17.7 Å². The lowest BCUT2D eigenvalue weighted by Crippen LogP contribution is -2.57. The fourth-order valence-corrected chi connectivity index (χ4v) is 5.67. The zero-order valence-corrected chi connectivity index (χ0v) is 20.9. The molecule has 3 fully saturated rings. The Morgan fingerprint density at radius 3 is 2.45 bits per heavy atom. The monoisotopic (exact) mass is 429 g/mol. The fraction of sp³-hybridized carbons (Fsp3) is 0.778. The van der Waals surface area contributed by atoms with Gasteiger partial charge in [0.2, 0.25) is 0 Å². The van der Waals surface area contributed by atoms with E-state index in [1.807, 2.05) is 13.8 Å².